The maximum Gasteiger partial charge on any atom is 0.245 e. The van der Waals surface area contributed by atoms with Gasteiger partial charge in [0.1, 0.15) is 6.04 Å². The number of nitrogens with zero attached hydrogens (tertiary/aromatic N) is 3. The van der Waals surface area contributed by atoms with E-state index in [0.717, 1.165) is 36.6 Å². The molecule has 1 aliphatic rings. The fourth-order valence-corrected chi connectivity index (χ4v) is 3.44. The van der Waals surface area contributed by atoms with Crippen molar-refractivity contribution in [1.82, 2.24) is 14.5 Å². The van der Waals surface area contributed by atoms with E-state index in [1.807, 2.05) is 40.1 Å². The maximum atomic E-state index is 12.6. The molecular weight excluding hydrogens is 270 g/mol. The molecule has 1 atom stereocenters. The van der Waals surface area contributed by atoms with Crippen molar-refractivity contribution in [3.05, 3.63) is 29.9 Å². The average molecular weight is 289 g/mol. The molecule has 1 amide bonds. The number of hydrogen-bond donors (Lipinski definition) is 0. The fraction of sp³-hybridized carbons (Fsp3) is 0.467. The van der Waals surface area contributed by atoms with Gasteiger partial charge in [-0.05, 0) is 37.6 Å². The molecule has 5 heteroatoms. The number of carbonyl (C=O) groups excluding carboxylic acids is 1. The number of piperidine rings is 1. The molecule has 1 fully saturated rings. The Kier molecular flexibility index (Phi) is 3.87. The molecule has 20 heavy (non-hydrogen) atoms. The van der Waals surface area contributed by atoms with Crippen molar-refractivity contribution < 1.29 is 4.79 Å². The van der Waals surface area contributed by atoms with Crippen LogP contribution in [0.5, 0.6) is 0 Å². The Labute approximate surface area is 123 Å². The smallest absolute Gasteiger partial charge is 0.245 e. The van der Waals surface area contributed by atoms with E-state index in [1.165, 1.54) is 6.42 Å². The summed E-state index contributed by atoms with van der Waals surface area (Å²) >= 11 is 1.65. The van der Waals surface area contributed by atoms with E-state index in [1.54, 1.807) is 17.5 Å². The summed E-state index contributed by atoms with van der Waals surface area (Å²) in [6, 6.07) is 3.87. The molecule has 0 bridgehead atoms. The molecule has 0 spiro atoms. The van der Waals surface area contributed by atoms with Crippen LogP contribution >= 0.6 is 11.3 Å². The van der Waals surface area contributed by atoms with Crippen molar-refractivity contribution >= 4 is 17.2 Å². The number of hydrogen-bond acceptors (Lipinski definition) is 3. The lowest BCUT2D eigenvalue weighted by molar-refractivity contribution is -0.135. The van der Waals surface area contributed by atoms with Gasteiger partial charge in [-0.15, -0.1) is 11.3 Å². The first-order valence-corrected chi connectivity index (χ1v) is 8.01. The predicted molar refractivity (Wildman–Crippen MR) is 80.7 cm³/mol. The lowest BCUT2D eigenvalue weighted by Crippen LogP contribution is -2.39. The Bertz CT molecular complexity index is 570. The first-order valence-electron chi connectivity index (χ1n) is 7.13. The predicted octanol–water partition coefficient (Wildman–Crippen LogP) is 3.19. The molecule has 2 aromatic heterocycles. The molecule has 1 saturated heterocycles. The first kappa shape index (κ1) is 13.4. The summed E-state index contributed by atoms with van der Waals surface area (Å²) in [5, 5.41) is 2.03. The Balaban J connectivity index is 1.82. The topological polar surface area (TPSA) is 38.1 Å². The molecule has 0 aliphatic carbocycles. The largest absolute Gasteiger partial charge is 0.341 e. The number of amides is 1. The lowest BCUT2D eigenvalue weighted by atomic mass is 10.1. The highest BCUT2D eigenvalue weighted by atomic mass is 32.1. The van der Waals surface area contributed by atoms with Crippen LogP contribution < -0.4 is 0 Å². The van der Waals surface area contributed by atoms with Crippen LogP contribution in [0.25, 0.3) is 10.7 Å². The summed E-state index contributed by atoms with van der Waals surface area (Å²) < 4.78 is 1.99. The number of likely N-dealkylation sites (tertiary alicyclic amines) is 1. The van der Waals surface area contributed by atoms with Gasteiger partial charge in [-0.2, -0.15) is 0 Å². The maximum absolute atomic E-state index is 12.6. The monoisotopic (exact) mass is 289 g/mol. The highest BCUT2D eigenvalue weighted by molar-refractivity contribution is 7.13. The number of thiophene rings is 1. The second-order valence-electron chi connectivity index (χ2n) is 5.20. The van der Waals surface area contributed by atoms with Crippen molar-refractivity contribution in [2.75, 3.05) is 13.1 Å². The lowest BCUT2D eigenvalue weighted by Gasteiger charge is -2.30. The molecule has 1 unspecified atom stereocenters. The van der Waals surface area contributed by atoms with Crippen LogP contribution in [0.4, 0.5) is 0 Å². The van der Waals surface area contributed by atoms with Crippen molar-refractivity contribution in [3.63, 3.8) is 0 Å². The van der Waals surface area contributed by atoms with Crippen molar-refractivity contribution in [2.45, 2.75) is 32.2 Å². The van der Waals surface area contributed by atoms with Crippen molar-refractivity contribution in [3.8, 4) is 10.7 Å². The summed E-state index contributed by atoms with van der Waals surface area (Å²) in [6.07, 6.45) is 7.17. The van der Waals surface area contributed by atoms with Gasteiger partial charge in [0.15, 0.2) is 5.82 Å². The van der Waals surface area contributed by atoms with Crippen LogP contribution in [0, 0.1) is 0 Å². The van der Waals surface area contributed by atoms with E-state index < -0.39 is 0 Å². The zero-order valence-corrected chi connectivity index (χ0v) is 12.5. The van der Waals surface area contributed by atoms with Crippen LogP contribution in [-0.4, -0.2) is 33.4 Å². The second kappa shape index (κ2) is 5.79. The zero-order chi connectivity index (χ0) is 13.9. The number of rotatable bonds is 3. The molecule has 0 saturated carbocycles. The Hall–Kier alpha value is -1.62. The summed E-state index contributed by atoms with van der Waals surface area (Å²) in [7, 11) is 0. The molecule has 0 N–H and O–H groups in total. The molecule has 106 valence electrons. The summed E-state index contributed by atoms with van der Waals surface area (Å²) in [6.45, 7) is 3.76. The highest BCUT2D eigenvalue weighted by Gasteiger charge is 2.25. The standard InChI is InChI=1S/C15H19N3OS/c1-12(15(19)17-8-3-2-4-9-17)18-10-7-16-14(18)13-6-5-11-20-13/h5-7,10-12H,2-4,8-9H2,1H3. The number of imidazole rings is 1. The van der Waals surface area contributed by atoms with E-state index >= 15 is 0 Å². The molecule has 3 heterocycles. The molecule has 1 aliphatic heterocycles. The van der Waals surface area contributed by atoms with Gasteiger partial charge in [-0.3, -0.25) is 4.79 Å². The van der Waals surface area contributed by atoms with Gasteiger partial charge in [0, 0.05) is 25.5 Å². The van der Waals surface area contributed by atoms with E-state index in [9.17, 15) is 4.79 Å². The molecule has 4 nitrogen and oxygen atoms in total. The van der Waals surface area contributed by atoms with Gasteiger partial charge in [0.05, 0.1) is 4.88 Å². The molecule has 0 aromatic carbocycles. The third-order valence-corrected chi connectivity index (χ3v) is 4.72. The minimum atomic E-state index is -0.187. The van der Waals surface area contributed by atoms with Gasteiger partial charge in [-0.25, -0.2) is 4.98 Å². The van der Waals surface area contributed by atoms with Gasteiger partial charge < -0.3 is 9.47 Å². The van der Waals surface area contributed by atoms with Gasteiger partial charge >= 0.3 is 0 Å². The SMILES string of the molecule is CC(C(=O)N1CCCCC1)n1ccnc1-c1cccs1. The summed E-state index contributed by atoms with van der Waals surface area (Å²) in [4.78, 5) is 20.1. The van der Waals surface area contributed by atoms with E-state index in [4.69, 9.17) is 0 Å². The van der Waals surface area contributed by atoms with E-state index in [-0.39, 0.29) is 11.9 Å². The van der Waals surface area contributed by atoms with Crippen molar-refractivity contribution in [2.24, 2.45) is 0 Å². The normalized spacial score (nSPS) is 17.1. The Morgan fingerprint density at radius 3 is 2.85 bits per heavy atom. The van der Waals surface area contributed by atoms with E-state index in [2.05, 4.69) is 4.98 Å². The highest BCUT2D eigenvalue weighted by Crippen LogP contribution is 2.26. The minimum absolute atomic E-state index is 0.187. The third-order valence-electron chi connectivity index (χ3n) is 3.85. The quantitative estimate of drug-likeness (QED) is 0.870. The first-order chi connectivity index (χ1) is 9.77. The third kappa shape index (κ3) is 2.50. The average Bonchev–Trinajstić information content (AvgIpc) is 3.16. The number of carbonyl (C=O) groups is 1. The van der Waals surface area contributed by atoms with Crippen LogP contribution in [0.15, 0.2) is 29.9 Å². The second-order valence-corrected chi connectivity index (χ2v) is 6.15. The fourth-order valence-electron chi connectivity index (χ4n) is 2.72. The van der Waals surface area contributed by atoms with Gasteiger partial charge in [-0.1, -0.05) is 6.07 Å². The Morgan fingerprint density at radius 2 is 2.15 bits per heavy atom. The van der Waals surface area contributed by atoms with Crippen LogP contribution in [-0.2, 0) is 4.79 Å². The van der Waals surface area contributed by atoms with Gasteiger partial charge in [0.2, 0.25) is 5.91 Å². The minimum Gasteiger partial charge on any atom is -0.341 e. The van der Waals surface area contributed by atoms with Crippen LogP contribution in [0.2, 0.25) is 0 Å². The molecule has 0 radical (unpaired) electrons. The van der Waals surface area contributed by atoms with E-state index in [0.29, 0.717) is 0 Å². The summed E-state index contributed by atoms with van der Waals surface area (Å²) in [5.41, 5.74) is 0. The van der Waals surface area contributed by atoms with Crippen LogP contribution in [0.1, 0.15) is 32.2 Å². The molecule has 2 aromatic rings. The van der Waals surface area contributed by atoms with Crippen LogP contribution in [0.3, 0.4) is 0 Å². The van der Waals surface area contributed by atoms with Crippen molar-refractivity contribution in [1.29, 1.82) is 0 Å². The molecule has 3 rings (SSSR count). The number of aromatic nitrogens is 2. The Morgan fingerprint density at radius 1 is 1.35 bits per heavy atom. The van der Waals surface area contributed by atoms with Gasteiger partial charge in [0.25, 0.3) is 0 Å². The summed E-state index contributed by atoms with van der Waals surface area (Å²) in [5.74, 6) is 1.10. The zero-order valence-electron chi connectivity index (χ0n) is 11.7. The molecular formula is C15H19N3OS.